The van der Waals surface area contributed by atoms with Gasteiger partial charge in [0.1, 0.15) is 0 Å². The molecule has 2 aromatic heterocycles. The van der Waals surface area contributed by atoms with Crippen LogP contribution in [0.25, 0.3) is 84.1 Å². The lowest BCUT2D eigenvalue weighted by Crippen LogP contribution is -2.10. The third-order valence-electron chi connectivity index (χ3n) is 10.6. The van der Waals surface area contributed by atoms with Crippen LogP contribution in [-0.4, -0.2) is 0 Å². The second-order valence-electron chi connectivity index (χ2n) is 13.7. The van der Waals surface area contributed by atoms with Crippen molar-refractivity contribution in [2.45, 2.75) is 0 Å². The van der Waals surface area contributed by atoms with E-state index in [9.17, 15) is 0 Å². The summed E-state index contributed by atoms with van der Waals surface area (Å²) in [6, 6.07) is 69.2. The fraction of sp³-hybridized carbons (Fsp3) is 0. The van der Waals surface area contributed by atoms with E-state index in [4.69, 9.17) is 0 Å². The second kappa shape index (κ2) is 12.2. The minimum Gasteiger partial charge on any atom is -0.310 e. The maximum Gasteiger partial charge on any atom is 0.0555 e. The highest BCUT2D eigenvalue weighted by molar-refractivity contribution is 7.26. The van der Waals surface area contributed by atoms with Crippen LogP contribution in [0.15, 0.2) is 188 Å². The first-order valence-electron chi connectivity index (χ1n) is 18.0. The van der Waals surface area contributed by atoms with Crippen molar-refractivity contribution in [1.29, 1.82) is 0 Å². The lowest BCUT2D eigenvalue weighted by Gasteiger charge is -2.27. The number of rotatable bonds is 5. The smallest absolute Gasteiger partial charge is 0.0555 e. The van der Waals surface area contributed by atoms with Gasteiger partial charge in [-0.3, -0.25) is 0 Å². The third kappa shape index (κ3) is 4.97. The van der Waals surface area contributed by atoms with Crippen LogP contribution in [0.3, 0.4) is 0 Å². The molecule has 0 spiro atoms. The number of thiophene rings is 2. The quantitative estimate of drug-likeness (QED) is 0.161. The van der Waals surface area contributed by atoms with Gasteiger partial charge in [0.25, 0.3) is 0 Å². The van der Waals surface area contributed by atoms with Gasteiger partial charge in [-0.25, -0.2) is 0 Å². The Labute approximate surface area is 315 Å². The van der Waals surface area contributed by atoms with Gasteiger partial charge in [0.2, 0.25) is 0 Å². The third-order valence-corrected chi connectivity index (χ3v) is 13.0. The standard InChI is InChI=1S/C50H31NS2/c1-3-11-32(12-4-1)36-22-25-41-44-31-38(24-28-47(44)52-48(41)29-36)51(37-23-21-35-20-19-34-15-7-8-16-39(34)43(35)30-37)45-27-26-40(33-13-5-2-6-14-33)50-49(45)42-17-9-10-18-46(42)53-50/h1-31H. The van der Waals surface area contributed by atoms with Crippen LogP contribution in [0.2, 0.25) is 0 Å². The summed E-state index contributed by atoms with van der Waals surface area (Å²) >= 11 is 3.76. The van der Waals surface area contributed by atoms with E-state index < -0.39 is 0 Å². The summed E-state index contributed by atoms with van der Waals surface area (Å²) in [7, 11) is 0. The van der Waals surface area contributed by atoms with Crippen molar-refractivity contribution in [1.82, 2.24) is 0 Å². The van der Waals surface area contributed by atoms with Crippen molar-refractivity contribution in [3.05, 3.63) is 188 Å². The van der Waals surface area contributed by atoms with Gasteiger partial charge >= 0.3 is 0 Å². The van der Waals surface area contributed by atoms with Gasteiger partial charge in [-0.05, 0) is 92.3 Å². The van der Waals surface area contributed by atoms with E-state index in [1.807, 2.05) is 22.7 Å². The predicted octanol–water partition coefficient (Wildman–Crippen LogP) is 15.5. The van der Waals surface area contributed by atoms with Crippen molar-refractivity contribution in [2.24, 2.45) is 0 Å². The molecule has 0 atom stereocenters. The Bertz CT molecular complexity index is 3170. The Morgan fingerprint density at radius 3 is 1.81 bits per heavy atom. The highest BCUT2D eigenvalue weighted by atomic mass is 32.1. The van der Waals surface area contributed by atoms with Crippen molar-refractivity contribution in [3.63, 3.8) is 0 Å². The van der Waals surface area contributed by atoms with Crippen molar-refractivity contribution >= 4 is 102 Å². The van der Waals surface area contributed by atoms with Gasteiger partial charge in [-0.15, -0.1) is 22.7 Å². The lowest BCUT2D eigenvalue weighted by atomic mass is 9.98. The lowest BCUT2D eigenvalue weighted by molar-refractivity contribution is 1.31. The van der Waals surface area contributed by atoms with Crippen LogP contribution in [0.4, 0.5) is 17.1 Å². The normalized spacial score (nSPS) is 11.8. The summed E-state index contributed by atoms with van der Waals surface area (Å²) in [5.41, 5.74) is 8.47. The van der Waals surface area contributed by atoms with Gasteiger partial charge in [0.05, 0.1) is 5.69 Å². The van der Waals surface area contributed by atoms with E-state index in [-0.39, 0.29) is 0 Å². The number of nitrogens with zero attached hydrogens (tertiary/aromatic N) is 1. The second-order valence-corrected chi connectivity index (χ2v) is 15.8. The summed E-state index contributed by atoms with van der Waals surface area (Å²) in [6.45, 7) is 0. The molecule has 0 unspecified atom stereocenters. The van der Waals surface area contributed by atoms with Gasteiger partial charge in [-0.1, -0.05) is 140 Å². The van der Waals surface area contributed by atoms with E-state index in [1.165, 1.54) is 89.8 Å². The number of anilines is 3. The summed E-state index contributed by atoms with van der Waals surface area (Å²) in [5.74, 6) is 0. The first-order valence-corrected chi connectivity index (χ1v) is 19.6. The van der Waals surface area contributed by atoms with Gasteiger partial charge in [-0.2, -0.15) is 0 Å². The fourth-order valence-electron chi connectivity index (χ4n) is 8.11. The van der Waals surface area contributed by atoms with Gasteiger partial charge in [0.15, 0.2) is 0 Å². The zero-order valence-electron chi connectivity index (χ0n) is 28.7. The van der Waals surface area contributed by atoms with Crippen LogP contribution in [0.1, 0.15) is 0 Å². The summed E-state index contributed by atoms with van der Waals surface area (Å²) < 4.78 is 5.20. The number of hydrogen-bond acceptors (Lipinski definition) is 3. The van der Waals surface area contributed by atoms with Crippen molar-refractivity contribution in [2.75, 3.05) is 4.90 Å². The Hall–Kier alpha value is -6.26. The molecule has 0 radical (unpaired) electrons. The average Bonchev–Trinajstić information content (AvgIpc) is 3.80. The maximum atomic E-state index is 2.50. The van der Waals surface area contributed by atoms with Crippen molar-refractivity contribution < 1.29 is 0 Å². The zero-order chi connectivity index (χ0) is 34.9. The molecule has 0 N–H and O–H groups in total. The molecule has 248 valence electrons. The van der Waals surface area contributed by atoms with E-state index in [0.717, 1.165) is 11.4 Å². The minimum absolute atomic E-state index is 1.14. The Balaban J connectivity index is 1.19. The Kier molecular flexibility index (Phi) is 6.97. The van der Waals surface area contributed by atoms with Gasteiger partial charge < -0.3 is 4.90 Å². The molecule has 0 saturated heterocycles. The van der Waals surface area contributed by atoms with Crippen LogP contribution < -0.4 is 4.90 Å². The van der Waals surface area contributed by atoms with E-state index in [0.29, 0.717) is 0 Å². The van der Waals surface area contributed by atoms with Crippen LogP contribution in [-0.2, 0) is 0 Å². The SMILES string of the molecule is c1ccc(-c2ccc3c(c2)sc2ccc(N(c4ccc5ccc6ccccc6c5c4)c4ccc(-c5ccccc5)c5sc6ccccc6c45)cc23)cc1. The number of fused-ring (bicyclic) bond motifs is 9. The summed E-state index contributed by atoms with van der Waals surface area (Å²) in [6.07, 6.45) is 0. The molecule has 11 aromatic rings. The molecule has 0 amide bonds. The number of hydrogen-bond donors (Lipinski definition) is 0. The van der Waals surface area contributed by atoms with Gasteiger partial charge in [0, 0.05) is 51.7 Å². The molecule has 0 aliphatic heterocycles. The molecule has 1 nitrogen and oxygen atoms in total. The monoisotopic (exact) mass is 709 g/mol. The maximum absolute atomic E-state index is 2.50. The predicted molar refractivity (Wildman–Crippen MR) is 233 cm³/mol. The van der Waals surface area contributed by atoms with Crippen molar-refractivity contribution in [3.8, 4) is 22.3 Å². The molecule has 0 aliphatic carbocycles. The molecule has 0 aliphatic rings. The molecular formula is C50H31NS2. The fourth-order valence-corrected chi connectivity index (χ4v) is 10.5. The molecule has 53 heavy (non-hydrogen) atoms. The molecule has 0 bridgehead atoms. The summed E-state index contributed by atoms with van der Waals surface area (Å²) in [4.78, 5) is 2.50. The van der Waals surface area contributed by atoms with E-state index in [1.54, 1.807) is 0 Å². The average molecular weight is 710 g/mol. The summed E-state index contributed by atoms with van der Waals surface area (Å²) in [5, 5.41) is 10.2. The van der Waals surface area contributed by atoms with Crippen LogP contribution >= 0.6 is 22.7 Å². The largest absolute Gasteiger partial charge is 0.310 e. The highest BCUT2D eigenvalue weighted by Gasteiger charge is 2.22. The van der Waals surface area contributed by atoms with Crippen LogP contribution in [0, 0.1) is 0 Å². The first kappa shape index (κ1) is 30.4. The zero-order valence-corrected chi connectivity index (χ0v) is 30.3. The molecule has 11 rings (SSSR count). The highest BCUT2D eigenvalue weighted by Crippen LogP contribution is 2.49. The number of benzene rings is 9. The minimum atomic E-state index is 1.14. The molecule has 9 aromatic carbocycles. The molecule has 0 fully saturated rings. The Morgan fingerprint density at radius 1 is 0.340 bits per heavy atom. The van der Waals surface area contributed by atoms with E-state index in [2.05, 4.69) is 193 Å². The molecule has 3 heteroatoms. The Morgan fingerprint density at radius 2 is 0.981 bits per heavy atom. The van der Waals surface area contributed by atoms with E-state index >= 15 is 0 Å². The molecule has 0 saturated carbocycles. The molecule has 2 heterocycles. The van der Waals surface area contributed by atoms with Crippen LogP contribution in [0.5, 0.6) is 0 Å². The first-order chi connectivity index (χ1) is 26.3. The molecular weight excluding hydrogens is 679 g/mol. The topological polar surface area (TPSA) is 3.24 Å².